The van der Waals surface area contributed by atoms with Crippen molar-refractivity contribution in [1.29, 1.82) is 0 Å². The maximum atomic E-state index is 13.8. The summed E-state index contributed by atoms with van der Waals surface area (Å²) in [5.74, 6) is -1.90. The van der Waals surface area contributed by atoms with E-state index < -0.39 is 35.8 Å². The number of amides is 3. The van der Waals surface area contributed by atoms with Crippen LogP contribution in [-0.4, -0.2) is 29.4 Å². The van der Waals surface area contributed by atoms with Crippen molar-refractivity contribution in [2.24, 2.45) is 0 Å². The minimum Gasteiger partial charge on any atom is -0.459 e. The second kappa shape index (κ2) is 7.48. The number of rotatable bonds is 4. The molecule has 1 aliphatic heterocycles. The Balaban J connectivity index is 1.49. The van der Waals surface area contributed by atoms with Gasteiger partial charge in [0.1, 0.15) is 24.5 Å². The number of halogens is 2. The van der Waals surface area contributed by atoms with Crippen molar-refractivity contribution in [1.82, 2.24) is 10.2 Å². The minimum absolute atomic E-state index is 0.0393. The van der Waals surface area contributed by atoms with Crippen LogP contribution in [-0.2, 0) is 32.9 Å². The molecule has 0 bridgehead atoms. The molecule has 6 nitrogen and oxygen atoms in total. The van der Waals surface area contributed by atoms with Crippen molar-refractivity contribution < 1.29 is 23.5 Å². The fourth-order valence-corrected chi connectivity index (χ4v) is 4.17. The molecule has 3 amide bonds. The number of carbonyl (C=O) groups is 3. The highest BCUT2D eigenvalue weighted by Crippen LogP contribution is 2.39. The zero-order valence-electron chi connectivity index (χ0n) is 15.4. The predicted octanol–water partition coefficient (Wildman–Crippen LogP) is 3.31. The van der Waals surface area contributed by atoms with Crippen LogP contribution in [0, 0.1) is 5.82 Å². The second-order valence-corrected chi connectivity index (χ2v) is 7.51. The summed E-state index contributed by atoms with van der Waals surface area (Å²) in [5.41, 5.74) is 0.656. The van der Waals surface area contributed by atoms with Gasteiger partial charge >= 0.3 is 12.0 Å². The van der Waals surface area contributed by atoms with Crippen LogP contribution in [0.1, 0.15) is 29.5 Å². The molecule has 2 aliphatic rings. The van der Waals surface area contributed by atoms with E-state index >= 15 is 0 Å². The monoisotopic (exact) mass is 416 g/mol. The lowest BCUT2D eigenvalue weighted by molar-refractivity contribution is -0.149. The average molecular weight is 417 g/mol. The highest BCUT2D eigenvalue weighted by atomic mass is 35.5. The maximum Gasteiger partial charge on any atom is 0.326 e. The van der Waals surface area contributed by atoms with Crippen molar-refractivity contribution in [3.8, 4) is 0 Å². The van der Waals surface area contributed by atoms with E-state index in [0.717, 1.165) is 28.9 Å². The van der Waals surface area contributed by atoms with E-state index in [-0.39, 0.29) is 17.2 Å². The molecule has 8 heteroatoms. The van der Waals surface area contributed by atoms with Crippen molar-refractivity contribution in [3.63, 3.8) is 0 Å². The number of nitrogens with one attached hydrogen (secondary N) is 1. The lowest BCUT2D eigenvalue weighted by Gasteiger charge is -2.33. The first-order valence-electron chi connectivity index (χ1n) is 9.23. The van der Waals surface area contributed by atoms with E-state index in [1.807, 2.05) is 24.3 Å². The first-order valence-corrected chi connectivity index (χ1v) is 9.61. The van der Waals surface area contributed by atoms with Crippen molar-refractivity contribution in [2.75, 3.05) is 6.54 Å². The summed E-state index contributed by atoms with van der Waals surface area (Å²) < 4.78 is 18.9. The SMILES string of the molecule is O=C(CN1C(=O)N[C@@]2(CCCc3ccccc32)C1=O)OCc1c(F)cccc1Cl. The molecule has 2 aromatic carbocycles. The normalized spacial score (nSPS) is 20.6. The third-order valence-electron chi connectivity index (χ3n) is 5.38. The van der Waals surface area contributed by atoms with Crippen LogP contribution in [0.2, 0.25) is 5.02 Å². The number of fused-ring (bicyclic) bond motifs is 2. The Bertz CT molecular complexity index is 992. The van der Waals surface area contributed by atoms with E-state index in [1.165, 1.54) is 18.2 Å². The zero-order chi connectivity index (χ0) is 20.6. The van der Waals surface area contributed by atoms with Crippen LogP contribution in [0.25, 0.3) is 0 Å². The van der Waals surface area contributed by atoms with Crippen LogP contribution in [0.5, 0.6) is 0 Å². The van der Waals surface area contributed by atoms with Gasteiger partial charge in [-0.05, 0) is 42.5 Å². The third-order valence-corrected chi connectivity index (χ3v) is 5.73. The molecular weight excluding hydrogens is 399 g/mol. The van der Waals surface area contributed by atoms with Gasteiger partial charge in [0.05, 0.1) is 5.02 Å². The van der Waals surface area contributed by atoms with Gasteiger partial charge in [-0.1, -0.05) is 41.9 Å². The number of hydrogen-bond acceptors (Lipinski definition) is 4. The van der Waals surface area contributed by atoms with Crippen LogP contribution in [0.3, 0.4) is 0 Å². The Hall–Kier alpha value is -2.93. The number of benzene rings is 2. The molecule has 4 rings (SSSR count). The van der Waals surface area contributed by atoms with Gasteiger partial charge in [-0.2, -0.15) is 0 Å². The summed E-state index contributed by atoms with van der Waals surface area (Å²) in [6.07, 6.45) is 2.03. The van der Waals surface area contributed by atoms with Crippen LogP contribution < -0.4 is 5.32 Å². The molecule has 150 valence electrons. The molecule has 1 N–H and O–H groups in total. The van der Waals surface area contributed by atoms with E-state index in [4.69, 9.17) is 16.3 Å². The smallest absolute Gasteiger partial charge is 0.326 e. The first-order chi connectivity index (χ1) is 13.9. The number of esters is 1. The molecule has 0 radical (unpaired) electrons. The molecule has 2 aromatic rings. The highest BCUT2D eigenvalue weighted by Gasteiger charge is 2.54. The summed E-state index contributed by atoms with van der Waals surface area (Å²) in [6.45, 7) is -0.942. The van der Waals surface area contributed by atoms with E-state index in [1.54, 1.807) is 0 Å². The number of carbonyl (C=O) groups excluding carboxylic acids is 3. The first kappa shape index (κ1) is 19.4. The number of nitrogens with zero attached hydrogens (tertiary/aromatic N) is 1. The van der Waals surface area contributed by atoms with Crippen LogP contribution in [0.15, 0.2) is 42.5 Å². The standard InChI is InChI=1S/C21H18ClFN2O4/c22-16-8-3-9-17(23)14(16)12-29-18(26)11-25-19(27)21(24-20(25)28)10-4-6-13-5-1-2-7-15(13)21/h1-3,5,7-9H,4,6,10-12H2,(H,24,28)/t21-/m1/s1. The highest BCUT2D eigenvalue weighted by molar-refractivity contribution is 6.31. The fourth-order valence-electron chi connectivity index (χ4n) is 3.95. The van der Waals surface area contributed by atoms with E-state index in [0.29, 0.717) is 6.42 Å². The van der Waals surface area contributed by atoms with Crippen LogP contribution >= 0.6 is 11.6 Å². The summed E-state index contributed by atoms with van der Waals surface area (Å²) in [5, 5.41) is 2.90. The van der Waals surface area contributed by atoms with Gasteiger partial charge in [-0.25, -0.2) is 9.18 Å². The number of ether oxygens (including phenoxy) is 1. The van der Waals surface area contributed by atoms with Crippen molar-refractivity contribution >= 4 is 29.5 Å². The molecule has 1 saturated heterocycles. The summed E-state index contributed by atoms with van der Waals surface area (Å²) in [6, 6.07) is 11.0. The Labute approximate surface area is 171 Å². The molecule has 0 saturated carbocycles. The number of aryl methyl sites for hydroxylation is 1. The Morgan fingerprint density at radius 2 is 2.00 bits per heavy atom. The third kappa shape index (κ3) is 3.35. The van der Waals surface area contributed by atoms with Crippen LogP contribution in [0.4, 0.5) is 9.18 Å². The largest absolute Gasteiger partial charge is 0.459 e. The van der Waals surface area contributed by atoms with E-state index in [9.17, 15) is 18.8 Å². The van der Waals surface area contributed by atoms with Crippen molar-refractivity contribution in [3.05, 3.63) is 70.0 Å². The molecule has 0 unspecified atom stereocenters. The Morgan fingerprint density at radius 3 is 2.79 bits per heavy atom. The molecule has 1 spiro atoms. The molecule has 1 heterocycles. The maximum absolute atomic E-state index is 13.8. The molecule has 1 aliphatic carbocycles. The Kier molecular flexibility index (Phi) is 5.00. The van der Waals surface area contributed by atoms with E-state index in [2.05, 4.69) is 5.32 Å². The molecule has 29 heavy (non-hydrogen) atoms. The molecule has 1 atom stereocenters. The van der Waals surface area contributed by atoms with Gasteiger partial charge in [-0.15, -0.1) is 0 Å². The summed E-state index contributed by atoms with van der Waals surface area (Å²) in [7, 11) is 0. The van der Waals surface area contributed by atoms with Gasteiger partial charge in [-0.3, -0.25) is 14.5 Å². The minimum atomic E-state index is -1.15. The summed E-state index contributed by atoms with van der Waals surface area (Å²) in [4.78, 5) is 38.7. The number of imide groups is 1. The molecule has 1 fully saturated rings. The lowest BCUT2D eigenvalue weighted by Crippen LogP contribution is -2.46. The fraction of sp³-hybridized carbons (Fsp3) is 0.286. The zero-order valence-corrected chi connectivity index (χ0v) is 16.2. The predicted molar refractivity (Wildman–Crippen MR) is 103 cm³/mol. The Morgan fingerprint density at radius 1 is 1.21 bits per heavy atom. The molecule has 0 aromatic heterocycles. The van der Waals surface area contributed by atoms with Crippen molar-refractivity contribution in [2.45, 2.75) is 31.4 Å². The van der Waals surface area contributed by atoms with Gasteiger partial charge in [0.25, 0.3) is 5.91 Å². The quantitative estimate of drug-likeness (QED) is 0.613. The average Bonchev–Trinajstić information content (AvgIpc) is 2.93. The van der Waals surface area contributed by atoms with Gasteiger partial charge in [0, 0.05) is 5.56 Å². The lowest BCUT2D eigenvalue weighted by atomic mass is 9.76. The number of urea groups is 1. The second-order valence-electron chi connectivity index (χ2n) is 7.10. The molecular formula is C21H18ClFN2O4. The van der Waals surface area contributed by atoms with Gasteiger partial charge in [0.15, 0.2) is 0 Å². The number of hydrogen-bond donors (Lipinski definition) is 1. The van der Waals surface area contributed by atoms with Gasteiger partial charge < -0.3 is 10.1 Å². The topological polar surface area (TPSA) is 75.7 Å². The summed E-state index contributed by atoms with van der Waals surface area (Å²) >= 11 is 5.91. The van der Waals surface area contributed by atoms with Gasteiger partial charge in [0.2, 0.25) is 0 Å².